The van der Waals surface area contributed by atoms with Crippen LogP contribution in [0.2, 0.25) is 0 Å². The second-order valence-electron chi connectivity index (χ2n) is 6.21. The van der Waals surface area contributed by atoms with Gasteiger partial charge in [-0.3, -0.25) is 4.57 Å². The van der Waals surface area contributed by atoms with Gasteiger partial charge >= 0.3 is 6.08 Å². The first-order valence-electron chi connectivity index (χ1n) is 8.65. The zero-order chi connectivity index (χ0) is 18.8. The van der Waals surface area contributed by atoms with Crippen LogP contribution in [0.25, 0.3) is 11.2 Å². The average molecular weight is 373 g/mol. The van der Waals surface area contributed by atoms with Gasteiger partial charge in [-0.2, -0.15) is 14.4 Å². The summed E-state index contributed by atoms with van der Waals surface area (Å²) in [4.78, 5) is 12.2. The third kappa shape index (κ3) is 3.50. The van der Waals surface area contributed by atoms with Crippen LogP contribution in [-0.2, 0) is 11.3 Å². The summed E-state index contributed by atoms with van der Waals surface area (Å²) < 4.78 is 32.0. The zero-order valence-electron chi connectivity index (χ0n) is 15.1. The summed E-state index contributed by atoms with van der Waals surface area (Å²) in [7, 11) is 3.18. The molecule has 1 N–H and O–H groups in total. The van der Waals surface area contributed by atoms with Gasteiger partial charge in [-0.15, -0.1) is 0 Å². The number of imidazole rings is 1. The van der Waals surface area contributed by atoms with Crippen LogP contribution < -0.4 is 14.8 Å². The Morgan fingerprint density at radius 3 is 2.67 bits per heavy atom. The lowest BCUT2D eigenvalue weighted by Gasteiger charge is -2.12. The number of halogens is 1. The molecule has 1 fully saturated rings. The highest BCUT2D eigenvalue weighted by molar-refractivity contribution is 5.82. The highest BCUT2D eigenvalue weighted by Crippen LogP contribution is 2.29. The molecule has 0 amide bonds. The van der Waals surface area contributed by atoms with Crippen molar-refractivity contribution in [2.45, 2.75) is 25.6 Å². The van der Waals surface area contributed by atoms with Crippen molar-refractivity contribution in [2.75, 3.05) is 26.1 Å². The van der Waals surface area contributed by atoms with Gasteiger partial charge in [0.25, 0.3) is 0 Å². The average Bonchev–Trinajstić information content (AvgIpc) is 3.35. The third-order valence-electron chi connectivity index (χ3n) is 4.48. The summed E-state index contributed by atoms with van der Waals surface area (Å²) in [6.07, 6.45) is 2.45. The quantitative estimate of drug-likeness (QED) is 0.665. The lowest BCUT2D eigenvalue weighted by atomic mass is 10.2. The first-order valence-corrected chi connectivity index (χ1v) is 8.65. The molecule has 0 saturated carbocycles. The smallest absolute Gasteiger partial charge is 0.312 e. The molecule has 27 heavy (non-hydrogen) atoms. The van der Waals surface area contributed by atoms with E-state index in [1.807, 2.05) is 12.1 Å². The van der Waals surface area contributed by atoms with E-state index in [9.17, 15) is 4.39 Å². The first kappa shape index (κ1) is 17.5. The molecule has 142 valence electrons. The van der Waals surface area contributed by atoms with E-state index in [2.05, 4.69) is 20.3 Å². The number of hydrogen-bond acceptors (Lipinski definition) is 7. The molecule has 1 aliphatic heterocycles. The van der Waals surface area contributed by atoms with E-state index in [4.69, 9.17) is 14.2 Å². The fraction of sp³-hybridized carbons (Fsp3) is 0.389. The van der Waals surface area contributed by atoms with Gasteiger partial charge in [0.15, 0.2) is 17.0 Å². The Balaban J connectivity index is 1.62. The van der Waals surface area contributed by atoms with Crippen LogP contribution >= 0.6 is 0 Å². The molecule has 1 saturated heterocycles. The Morgan fingerprint density at radius 1 is 1.22 bits per heavy atom. The fourth-order valence-corrected chi connectivity index (χ4v) is 3.16. The summed E-state index contributed by atoms with van der Waals surface area (Å²) in [5, 5.41) is 3.13. The van der Waals surface area contributed by atoms with Gasteiger partial charge in [0.2, 0.25) is 0 Å². The van der Waals surface area contributed by atoms with E-state index < -0.39 is 6.08 Å². The number of rotatable bonds is 6. The van der Waals surface area contributed by atoms with Gasteiger partial charge in [0.1, 0.15) is 17.7 Å². The second-order valence-corrected chi connectivity index (χ2v) is 6.21. The van der Waals surface area contributed by atoms with Crippen molar-refractivity contribution in [3.63, 3.8) is 0 Å². The predicted molar refractivity (Wildman–Crippen MR) is 96.4 cm³/mol. The number of nitrogens with zero attached hydrogens (tertiary/aromatic N) is 4. The van der Waals surface area contributed by atoms with Crippen molar-refractivity contribution in [1.82, 2.24) is 19.5 Å². The van der Waals surface area contributed by atoms with Crippen LogP contribution in [0.1, 0.15) is 24.6 Å². The highest BCUT2D eigenvalue weighted by atomic mass is 19.1. The monoisotopic (exact) mass is 373 g/mol. The number of methoxy groups -OCH3 is 2. The normalized spacial score (nSPS) is 16.6. The Labute approximate surface area is 155 Å². The van der Waals surface area contributed by atoms with Crippen molar-refractivity contribution in [2.24, 2.45) is 0 Å². The molecule has 3 aromatic rings. The number of fused-ring (bicyclic) bond motifs is 1. The Hall–Kier alpha value is -2.94. The Kier molecular flexibility index (Phi) is 4.76. The molecule has 0 aliphatic carbocycles. The molecule has 1 aliphatic rings. The van der Waals surface area contributed by atoms with E-state index >= 15 is 0 Å². The van der Waals surface area contributed by atoms with Crippen molar-refractivity contribution in [1.29, 1.82) is 0 Å². The third-order valence-corrected chi connectivity index (χ3v) is 4.48. The Morgan fingerprint density at radius 2 is 2.00 bits per heavy atom. The van der Waals surface area contributed by atoms with Crippen LogP contribution in [-0.4, -0.2) is 40.3 Å². The van der Waals surface area contributed by atoms with Gasteiger partial charge in [0, 0.05) is 19.2 Å². The highest BCUT2D eigenvalue weighted by Gasteiger charge is 2.22. The van der Waals surface area contributed by atoms with E-state index in [1.165, 1.54) is 0 Å². The SMILES string of the molecule is COc1cc(CNc2nc(F)nc3c2ncn3C2CCCO2)cc(OC)c1. The topological polar surface area (TPSA) is 83.3 Å². The summed E-state index contributed by atoms with van der Waals surface area (Å²) >= 11 is 0. The van der Waals surface area contributed by atoms with E-state index in [-0.39, 0.29) is 6.23 Å². The summed E-state index contributed by atoms with van der Waals surface area (Å²) in [6, 6.07) is 5.53. The fourth-order valence-electron chi connectivity index (χ4n) is 3.16. The minimum absolute atomic E-state index is 0.167. The van der Waals surface area contributed by atoms with Gasteiger partial charge < -0.3 is 19.5 Å². The summed E-state index contributed by atoms with van der Waals surface area (Å²) in [6.45, 7) is 1.08. The number of benzene rings is 1. The van der Waals surface area contributed by atoms with Gasteiger partial charge in [-0.25, -0.2) is 4.98 Å². The molecular weight excluding hydrogens is 353 g/mol. The molecular formula is C18H20FN5O3. The van der Waals surface area contributed by atoms with E-state index in [0.717, 1.165) is 18.4 Å². The van der Waals surface area contributed by atoms with E-state index in [0.29, 0.717) is 41.6 Å². The van der Waals surface area contributed by atoms with Crippen molar-refractivity contribution in [3.05, 3.63) is 36.2 Å². The standard InChI is InChI=1S/C18H20FN5O3/c1-25-12-6-11(7-13(8-12)26-2)9-20-16-15-17(23-18(19)22-16)24(10-21-15)14-4-3-5-27-14/h6-8,10,14H,3-5,9H2,1-2H3,(H,20,22,23). The first-order chi connectivity index (χ1) is 13.2. The predicted octanol–water partition coefficient (Wildman–Crippen LogP) is 2.90. The summed E-state index contributed by atoms with van der Waals surface area (Å²) in [5.74, 6) is 1.68. The number of hydrogen-bond donors (Lipinski definition) is 1. The van der Waals surface area contributed by atoms with Gasteiger partial charge in [-0.05, 0) is 30.5 Å². The molecule has 9 heteroatoms. The van der Waals surface area contributed by atoms with E-state index in [1.54, 1.807) is 31.2 Å². The number of nitrogens with one attached hydrogen (secondary N) is 1. The van der Waals surface area contributed by atoms with Crippen LogP contribution in [0.4, 0.5) is 10.2 Å². The number of aromatic nitrogens is 4. The van der Waals surface area contributed by atoms with Crippen molar-refractivity contribution >= 4 is 17.0 Å². The zero-order valence-corrected chi connectivity index (χ0v) is 15.1. The van der Waals surface area contributed by atoms with Crippen LogP contribution in [0.3, 0.4) is 0 Å². The minimum Gasteiger partial charge on any atom is -0.497 e. The minimum atomic E-state index is -0.812. The van der Waals surface area contributed by atoms with Crippen molar-refractivity contribution < 1.29 is 18.6 Å². The lowest BCUT2D eigenvalue weighted by molar-refractivity contribution is 0.0592. The maximum Gasteiger partial charge on any atom is 0.312 e. The van der Waals surface area contributed by atoms with Crippen LogP contribution in [0.15, 0.2) is 24.5 Å². The Bertz CT molecular complexity index is 933. The van der Waals surface area contributed by atoms with Gasteiger partial charge in [-0.1, -0.05) is 0 Å². The maximum atomic E-state index is 14.0. The largest absolute Gasteiger partial charge is 0.497 e. The lowest BCUT2D eigenvalue weighted by Crippen LogP contribution is -2.09. The van der Waals surface area contributed by atoms with Crippen molar-refractivity contribution in [3.8, 4) is 11.5 Å². The second kappa shape index (κ2) is 7.36. The molecule has 0 radical (unpaired) electrons. The number of anilines is 1. The molecule has 4 rings (SSSR count). The van der Waals surface area contributed by atoms with Crippen LogP contribution in [0, 0.1) is 6.08 Å². The molecule has 1 unspecified atom stereocenters. The number of ether oxygens (including phenoxy) is 3. The molecule has 1 atom stereocenters. The van der Waals surface area contributed by atoms with Gasteiger partial charge in [0.05, 0.1) is 20.5 Å². The molecule has 2 aromatic heterocycles. The van der Waals surface area contributed by atoms with Crippen LogP contribution in [0.5, 0.6) is 11.5 Å². The molecule has 8 nitrogen and oxygen atoms in total. The maximum absolute atomic E-state index is 14.0. The molecule has 3 heterocycles. The molecule has 0 spiro atoms. The molecule has 0 bridgehead atoms. The summed E-state index contributed by atoms with van der Waals surface area (Å²) in [5.41, 5.74) is 1.82. The molecule has 1 aromatic carbocycles.